The van der Waals surface area contributed by atoms with E-state index in [9.17, 15) is 0 Å². The summed E-state index contributed by atoms with van der Waals surface area (Å²) >= 11 is 0. The maximum absolute atomic E-state index is 5.59. The molecule has 0 saturated heterocycles. The van der Waals surface area contributed by atoms with Crippen LogP contribution >= 0.6 is 0 Å². The molecule has 3 nitrogen and oxygen atoms in total. The third-order valence-electron chi connectivity index (χ3n) is 2.97. The number of ether oxygens (including phenoxy) is 2. The molecule has 0 atom stereocenters. The van der Waals surface area contributed by atoms with E-state index < -0.39 is 0 Å². The van der Waals surface area contributed by atoms with Crippen LogP contribution in [0.3, 0.4) is 0 Å². The zero-order valence-corrected chi connectivity index (χ0v) is 11.7. The van der Waals surface area contributed by atoms with Crippen LogP contribution in [0.5, 0.6) is 0 Å². The maximum Gasteiger partial charge on any atom is 0.0644 e. The Bertz CT molecular complexity index is 312. The Hall–Kier alpha value is -1.06. The fourth-order valence-electron chi connectivity index (χ4n) is 1.49. The Labute approximate surface area is 110 Å². The largest absolute Gasteiger partial charge is 0.385 e. The van der Waals surface area contributed by atoms with E-state index in [2.05, 4.69) is 31.3 Å². The van der Waals surface area contributed by atoms with Gasteiger partial charge in [-0.3, -0.25) is 0 Å². The highest BCUT2D eigenvalue weighted by Crippen LogP contribution is 2.12. The van der Waals surface area contributed by atoms with Crippen LogP contribution in [0.15, 0.2) is 30.3 Å². The average molecular weight is 251 g/mol. The van der Waals surface area contributed by atoms with Crippen molar-refractivity contribution >= 4 is 5.69 Å². The Morgan fingerprint density at radius 2 is 1.83 bits per heavy atom. The lowest BCUT2D eigenvalue weighted by Crippen LogP contribution is -2.24. The molecule has 0 aliphatic carbocycles. The lowest BCUT2D eigenvalue weighted by molar-refractivity contribution is -0.00975. The quantitative estimate of drug-likeness (QED) is 0.683. The molecule has 0 spiro atoms. The second kappa shape index (κ2) is 8.11. The molecule has 102 valence electrons. The van der Waals surface area contributed by atoms with E-state index in [1.165, 1.54) is 0 Å². The normalized spacial score (nSPS) is 11.5. The first-order valence-electron chi connectivity index (χ1n) is 6.56. The highest BCUT2D eigenvalue weighted by Gasteiger charge is 2.15. The van der Waals surface area contributed by atoms with Crippen LogP contribution in [0.1, 0.15) is 26.7 Å². The smallest absolute Gasteiger partial charge is 0.0644 e. The predicted octanol–water partition coefficient (Wildman–Crippen LogP) is 3.32. The molecule has 0 aliphatic heterocycles. The summed E-state index contributed by atoms with van der Waals surface area (Å²) in [4.78, 5) is 0. The maximum atomic E-state index is 5.59. The molecule has 1 aromatic carbocycles. The van der Waals surface area contributed by atoms with Gasteiger partial charge in [-0.2, -0.15) is 0 Å². The summed E-state index contributed by atoms with van der Waals surface area (Å²) in [6.45, 7) is 6.64. The van der Waals surface area contributed by atoms with Crippen molar-refractivity contribution in [3.05, 3.63) is 30.3 Å². The average Bonchev–Trinajstić information content (AvgIpc) is 2.39. The second-order valence-corrected chi connectivity index (χ2v) is 4.97. The van der Waals surface area contributed by atoms with E-state index in [1.54, 1.807) is 7.11 Å². The molecule has 0 heterocycles. The van der Waals surface area contributed by atoms with Crippen molar-refractivity contribution in [3.63, 3.8) is 0 Å². The second-order valence-electron chi connectivity index (χ2n) is 4.97. The van der Waals surface area contributed by atoms with Crippen LogP contribution in [0, 0.1) is 0 Å². The molecule has 0 radical (unpaired) electrons. The van der Waals surface area contributed by atoms with Crippen LogP contribution in [0.2, 0.25) is 0 Å². The number of hydrogen-bond donors (Lipinski definition) is 1. The van der Waals surface area contributed by atoms with E-state index >= 15 is 0 Å². The summed E-state index contributed by atoms with van der Waals surface area (Å²) in [5, 5.41) is 3.36. The molecule has 0 saturated carbocycles. The summed E-state index contributed by atoms with van der Waals surface area (Å²) < 4.78 is 10.9. The SMILES string of the molecule is COC(C)(C)CCOCCCNc1ccccc1. The molecule has 18 heavy (non-hydrogen) atoms. The van der Waals surface area contributed by atoms with Crippen molar-refractivity contribution in [3.8, 4) is 0 Å². The van der Waals surface area contributed by atoms with E-state index in [4.69, 9.17) is 9.47 Å². The molecule has 0 bridgehead atoms. The monoisotopic (exact) mass is 251 g/mol. The molecule has 0 fully saturated rings. The number of anilines is 1. The molecule has 3 heteroatoms. The number of nitrogens with one attached hydrogen (secondary N) is 1. The molecular formula is C15H25NO2. The van der Waals surface area contributed by atoms with Crippen molar-refractivity contribution in [2.45, 2.75) is 32.3 Å². The minimum Gasteiger partial charge on any atom is -0.385 e. The van der Waals surface area contributed by atoms with Crippen LogP contribution < -0.4 is 5.32 Å². The van der Waals surface area contributed by atoms with Gasteiger partial charge in [-0.15, -0.1) is 0 Å². The number of rotatable bonds is 9. The summed E-state index contributed by atoms with van der Waals surface area (Å²) in [5.74, 6) is 0. The van der Waals surface area contributed by atoms with Gasteiger partial charge in [0.2, 0.25) is 0 Å². The van der Waals surface area contributed by atoms with Crippen molar-refractivity contribution in [1.29, 1.82) is 0 Å². The number of benzene rings is 1. The first kappa shape index (κ1) is 15.0. The van der Waals surface area contributed by atoms with E-state index in [0.29, 0.717) is 0 Å². The number of methoxy groups -OCH3 is 1. The van der Waals surface area contributed by atoms with Gasteiger partial charge in [-0.05, 0) is 38.8 Å². The van der Waals surface area contributed by atoms with Crippen LogP contribution in [-0.2, 0) is 9.47 Å². The zero-order valence-electron chi connectivity index (χ0n) is 11.7. The Balaban J connectivity index is 1.96. The zero-order chi connectivity index (χ0) is 13.3. The molecule has 0 amide bonds. The number of hydrogen-bond acceptors (Lipinski definition) is 3. The summed E-state index contributed by atoms with van der Waals surface area (Å²) in [6.07, 6.45) is 1.94. The van der Waals surface area contributed by atoms with Gasteiger partial charge in [0.15, 0.2) is 0 Å². The standard InChI is InChI=1S/C15H25NO2/c1-15(2,17-3)10-13-18-12-7-11-16-14-8-5-4-6-9-14/h4-6,8-9,16H,7,10-13H2,1-3H3. The first-order valence-corrected chi connectivity index (χ1v) is 6.56. The molecule has 0 aromatic heterocycles. The minimum atomic E-state index is -0.0811. The van der Waals surface area contributed by atoms with Gasteiger partial charge in [-0.1, -0.05) is 18.2 Å². The predicted molar refractivity (Wildman–Crippen MR) is 76.1 cm³/mol. The Kier molecular flexibility index (Phi) is 6.76. The summed E-state index contributed by atoms with van der Waals surface area (Å²) in [7, 11) is 1.74. The molecular weight excluding hydrogens is 226 g/mol. The van der Waals surface area contributed by atoms with Crippen LogP contribution in [0.25, 0.3) is 0 Å². The lowest BCUT2D eigenvalue weighted by atomic mass is 10.1. The lowest BCUT2D eigenvalue weighted by Gasteiger charge is -2.22. The highest BCUT2D eigenvalue weighted by molar-refractivity contribution is 5.42. The van der Waals surface area contributed by atoms with E-state index in [1.807, 2.05) is 18.2 Å². The molecule has 1 aromatic rings. The van der Waals surface area contributed by atoms with E-state index in [0.717, 1.165) is 38.3 Å². The fourth-order valence-corrected chi connectivity index (χ4v) is 1.49. The van der Waals surface area contributed by atoms with Crippen LogP contribution in [0.4, 0.5) is 5.69 Å². The van der Waals surface area contributed by atoms with Gasteiger partial charge in [0, 0.05) is 32.6 Å². The summed E-state index contributed by atoms with van der Waals surface area (Å²) in [5.41, 5.74) is 1.08. The highest BCUT2D eigenvalue weighted by atomic mass is 16.5. The van der Waals surface area contributed by atoms with Gasteiger partial charge in [0.05, 0.1) is 5.60 Å². The van der Waals surface area contributed by atoms with Crippen molar-refractivity contribution in [2.24, 2.45) is 0 Å². The third kappa shape index (κ3) is 6.62. The van der Waals surface area contributed by atoms with E-state index in [-0.39, 0.29) is 5.60 Å². The van der Waals surface area contributed by atoms with Gasteiger partial charge < -0.3 is 14.8 Å². The van der Waals surface area contributed by atoms with Crippen molar-refractivity contribution < 1.29 is 9.47 Å². The number of para-hydroxylation sites is 1. The fraction of sp³-hybridized carbons (Fsp3) is 0.600. The Morgan fingerprint density at radius 3 is 2.50 bits per heavy atom. The van der Waals surface area contributed by atoms with Crippen molar-refractivity contribution in [1.82, 2.24) is 0 Å². The van der Waals surface area contributed by atoms with Gasteiger partial charge >= 0.3 is 0 Å². The minimum absolute atomic E-state index is 0.0811. The molecule has 0 unspecified atom stereocenters. The molecule has 0 aliphatic rings. The topological polar surface area (TPSA) is 30.5 Å². The third-order valence-corrected chi connectivity index (χ3v) is 2.97. The Morgan fingerprint density at radius 1 is 1.11 bits per heavy atom. The van der Waals surface area contributed by atoms with Gasteiger partial charge in [0.1, 0.15) is 0 Å². The summed E-state index contributed by atoms with van der Waals surface area (Å²) in [6, 6.07) is 10.2. The molecule has 1 N–H and O–H groups in total. The van der Waals surface area contributed by atoms with Gasteiger partial charge in [0.25, 0.3) is 0 Å². The van der Waals surface area contributed by atoms with Gasteiger partial charge in [-0.25, -0.2) is 0 Å². The van der Waals surface area contributed by atoms with Crippen LogP contribution in [-0.4, -0.2) is 32.5 Å². The first-order chi connectivity index (χ1) is 8.64. The molecule has 1 rings (SSSR count). The van der Waals surface area contributed by atoms with Crippen molar-refractivity contribution in [2.75, 3.05) is 32.2 Å².